The molecule has 0 aromatic carbocycles. The van der Waals surface area contributed by atoms with Crippen molar-refractivity contribution in [3.8, 4) is 0 Å². The summed E-state index contributed by atoms with van der Waals surface area (Å²) < 4.78 is 38.6. The van der Waals surface area contributed by atoms with Crippen molar-refractivity contribution in [3.05, 3.63) is 0 Å². The van der Waals surface area contributed by atoms with Gasteiger partial charge in [-0.15, -0.1) is 0 Å². The van der Waals surface area contributed by atoms with Gasteiger partial charge in [0, 0.05) is 19.1 Å². The Labute approximate surface area is 88.8 Å². The first-order valence-electron chi connectivity index (χ1n) is 5.38. The minimum Gasteiger partial charge on any atom is -0.312 e. The Kier molecular flexibility index (Phi) is 4.00. The molecule has 1 saturated heterocycles. The molecule has 0 aromatic rings. The molecule has 1 unspecified atom stereocenters. The van der Waals surface area contributed by atoms with E-state index in [0.717, 1.165) is 6.42 Å². The molecule has 1 N–H and O–H groups in total. The van der Waals surface area contributed by atoms with Crippen molar-refractivity contribution in [2.45, 2.75) is 38.5 Å². The van der Waals surface area contributed by atoms with E-state index in [4.69, 9.17) is 0 Å². The molecule has 0 amide bonds. The first-order valence-corrected chi connectivity index (χ1v) is 5.38. The maximum Gasteiger partial charge on any atom is 0.404 e. The van der Waals surface area contributed by atoms with Gasteiger partial charge in [-0.3, -0.25) is 4.90 Å². The Morgan fingerprint density at radius 2 is 2.00 bits per heavy atom. The molecule has 15 heavy (non-hydrogen) atoms. The fourth-order valence-electron chi connectivity index (χ4n) is 2.44. The van der Waals surface area contributed by atoms with Gasteiger partial charge in [-0.25, -0.2) is 0 Å². The van der Waals surface area contributed by atoms with E-state index in [-0.39, 0.29) is 6.04 Å². The van der Waals surface area contributed by atoms with E-state index in [2.05, 4.69) is 5.32 Å². The summed E-state index contributed by atoms with van der Waals surface area (Å²) >= 11 is 0. The smallest absolute Gasteiger partial charge is 0.312 e. The zero-order chi connectivity index (χ0) is 11.6. The minimum atomic E-state index is -4.13. The molecule has 3 atom stereocenters. The number of nitrogens with one attached hydrogen (secondary N) is 1. The molecule has 1 fully saturated rings. The van der Waals surface area contributed by atoms with Gasteiger partial charge in [0.25, 0.3) is 0 Å². The second kappa shape index (κ2) is 4.70. The number of rotatable bonds is 1. The summed E-state index contributed by atoms with van der Waals surface area (Å²) in [6, 6.07) is -1.36. The third-order valence-electron chi connectivity index (χ3n) is 3.25. The van der Waals surface area contributed by atoms with Gasteiger partial charge in [-0.05, 0) is 19.4 Å². The third-order valence-corrected chi connectivity index (χ3v) is 3.25. The largest absolute Gasteiger partial charge is 0.404 e. The van der Waals surface area contributed by atoms with Gasteiger partial charge >= 0.3 is 6.18 Å². The molecule has 0 bridgehead atoms. The van der Waals surface area contributed by atoms with Crippen molar-refractivity contribution in [2.24, 2.45) is 5.92 Å². The van der Waals surface area contributed by atoms with Gasteiger partial charge in [0.1, 0.15) is 6.04 Å². The number of nitrogens with zero attached hydrogens (tertiary/aromatic N) is 1. The lowest BCUT2D eigenvalue weighted by Gasteiger charge is -2.34. The molecular formula is C10H19F3N2. The number of likely N-dealkylation sites (N-methyl/N-ethyl adjacent to an activating group) is 1. The van der Waals surface area contributed by atoms with Crippen molar-refractivity contribution >= 4 is 0 Å². The van der Waals surface area contributed by atoms with Gasteiger partial charge in [0.05, 0.1) is 0 Å². The molecule has 5 heteroatoms. The standard InChI is InChI=1S/C10H19F3N2/c1-4-8-7(2)9(10(11,12)13)15(3)6-5-14-8/h7-9,14H,4-6H2,1-3H3/t7-,8?,9-/m1/s1. The highest BCUT2D eigenvalue weighted by molar-refractivity contribution is 4.91. The Hall–Kier alpha value is -0.290. The van der Waals surface area contributed by atoms with Crippen LogP contribution < -0.4 is 5.32 Å². The number of hydrogen-bond acceptors (Lipinski definition) is 2. The monoisotopic (exact) mass is 224 g/mol. The maximum absolute atomic E-state index is 12.9. The van der Waals surface area contributed by atoms with E-state index in [1.807, 2.05) is 6.92 Å². The highest BCUT2D eigenvalue weighted by atomic mass is 19.4. The summed E-state index contributed by atoms with van der Waals surface area (Å²) in [4.78, 5) is 1.41. The predicted octanol–water partition coefficient (Wildman–Crippen LogP) is 1.87. The van der Waals surface area contributed by atoms with Crippen LogP contribution in [0.4, 0.5) is 13.2 Å². The first-order chi connectivity index (χ1) is 6.88. The zero-order valence-electron chi connectivity index (χ0n) is 9.43. The van der Waals surface area contributed by atoms with Crippen LogP contribution in [0.15, 0.2) is 0 Å². The molecule has 0 spiro atoms. The Balaban J connectivity index is 2.87. The molecule has 1 rings (SSSR count). The van der Waals surface area contributed by atoms with Crippen molar-refractivity contribution < 1.29 is 13.2 Å². The summed E-state index contributed by atoms with van der Waals surface area (Å²) in [6.07, 6.45) is -3.39. The number of alkyl halides is 3. The second-order valence-electron chi connectivity index (χ2n) is 4.30. The average molecular weight is 224 g/mol. The summed E-state index contributed by atoms with van der Waals surface area (Å²) in [5, 5.41) is 3.17. The van der Waals surface area contributed by atoms with Crippen LogP contribution in [0.3, 0.4) is 0 Å². The number of halogens is 3. The van der Waals surface area contributed by atoms with Crippen LogP contribution in [0, 0.1) is 5.92 Å². The molecule has 0 radical (unpaired) electrons. The molecule has 2 nitrogen and oxygen atoms in total. The van der Waals surface area contributed by atoms with E-state index in [1.165, 1.54) is 4.90 Å². The van der Waals surface area contributed by atoms with Crippen LogP contribution in [0.25, 0.3) is 0 Å². The van der Waals surface area contributed by atoms with E-state index in [0.29, 0.717) is 13.1 Å². The number of hydrogen-bond donors (Lipinski definition) is 1. The van der Waals surface area contributed by atoms with E-state index in [1.54, 1.807) is 14.0 Å². The van der Waals surface area contributed by atoms with E-state index in [9.17, 15) is 13.2 Å². The van der Waals surface area contributed by atoms with Crippen LogP contribution >= 0.6 is 0 Å². The lowest BCUT2D eigenvalue weighted by atomic mass is 9.91. The van der Waals surface area contributed by atoms with Gasteiger partial charge in [-0.1, -0.05) is 13.8 Å². The maximum atomic E-state index is 12.9. The van der Waals surface area contributed by atoms with Crippen LogP contribution in [-0.2, 0) is 0 Å². The quantitative estimate of drug-likeness (QED) is 0.731. The van der Waals surface area contributed by atoms with Crippen LogP contribution in [0.5, 0.6) is 0 Å². The van der Waals surface area contributed by atoms with Gasteiger partial charge in [-0.2, -0.15) is 13.2 Å². The molecule has 0 saturated carbocycles. The lowest BCUT2D eigenvalue weighted by Crippen LogP contribution is -2.50. The SMILES string of the molecule is CCC1NCCN(C)[C@@H](C(F)(F)F)[C@@H]1C. The van der Waals surface area contributed by atoms with Crippen LogP contribution in [-0.4, -0.2) is 43.3 Å². The fraction of sp³-hybridized carbons (Fsp3) is 1.00. The van der Waals surface area contributed by atoms with Crippen molar-refractivity contribution in [1.29, 1.82) is 0 Å². The minimum absolute atomic E-state index is 0.0402. The normalized spacial score (nSPS) is 35.2. The van der Waals surface area contributed by atoms with E-state index < -0.39 is 18.1 Å². The Morgan fingerprint density at radius 3 is 2.47 bits per heavy atom. The molecule has 1 aliphatic rings. The molecule has 0 aliphatic carbocycles. The fourth-order valence-corrected chi connectivity index (χ4v) is 2.44. The first kappa shape index (κ1) is 12.8. The topological polar surface area (TPSA) is 15.3 Å². The lowest BCUT2D eigenvalue weighted by molar-refractivity contribution is -0.192. The van der Waals surface area contributed by atoms with Crippen molar-refractivity contribution in [1.82, 2.24) is 10.2 Å². The molecule has 0 aromatic heterocycles. The highest BCUT2D eigenvalue weighted by Crippen LogP contribution is 2.32. The highest BCUT2D eigenvalue weighted by Gasteiger charge is 2.48. The van der Waals surface area contributed by atoms with Crippen molar-refractivity contribution in [2.75, 3.05) is 20.1 Å². The van der Waals surface area contributed by atoms with Gasteiger partial charge < -0.3 is 5.32 Å². The summed E-state index contributed by atoms with van der Waals surface area (Å²) in [5.41, 5.74) is 0. The van der Waals surface area contributed by atoms with Crippen LogP contribution in [0.1, 0.15) is 20.3 Å². The molecule has 1 aliphatic heterocycles. The third kappa shape index (κ3) is 2.84. The van der Waals surface area contributed by atoms with Gasteiger partial charge in [0.2, 0.25) is 0 Å². The molecule has 1 heterocycles. The summed E-state index contributed by atoms with van der Waals surface area (Å²) in [6.45, 7) is 4.69. The van der Waals surface area contributed by atoms with E-state index >= 15 is 0 Å². The summed E-state index contributed by atoms with van der Waals surface area (Å²) in [5.74, 6) is -0.400. The molecule has 90 valence electrons. The average Bonchev–Trinajstić information content (AvgIpc) is 2.22. The summed E-state index contributed by atoms with van der Waals surface area (Å²) in [7, 11) is 1.55. The Morgan fingerprint density at radius 1 is 1.40 bits per heavy atom. The Bertz CT molecular complexity index is 205. The van der Waals surface area contributed by atoms with Crippen molar-refractivity contribution in [3.63, 3.8) is 0 Å². The predicted molar refractivity (Wildman–Crippen MR) is 53.7 cm³/mol. The second-order valence-corrected chi connectivity index (χ2v) is 4.30. The zero-order valence-corrected chi connectivity index (χ0v) is 9.43. The molecular weight excluding hydrogens is 205 g/mol. The van der Waals surface area contributed by atoms with Crippen LogP contribution in [0.2, 0.25) is 0 Å². The van der Waals surface area contributed by atoms with Gasteiger partial charge in [0.15, 0.2) is 0 Å².